The molecule has 1 aromatic carbocycles. The lowest BCUT2D eigenvalue weighted by atomic mass is 10.2. The van der Waals surface area contributed by atoms with Crippen LogP contribution in [-0.4, -0.2) is 11.0 Å². The molecule has 0 spiro atoms. The van der Waals surface area contributed by atoms with E-state index in [2.05, 4.69) is 11.9 Å². The van der Waals surface area contributed by atoms with Crippen LogP contribution < -0.4 is 5.11 Å². The SMILES string of the molecule is CCCCc1nc2cc(C(=O)[O-])ccc2o1. The number of aromatic nitrogens is 1. The Bertz CT molecular complexity index is 516. The summed E-state index contributed by atoms with van der Waals surface area (Å²) in [5, 5.41) is 10.7. The number of hydrogen-bond acceptors (Lipinski definition) is 4. The van der Waals surface area contributed by atoms with Crippen LogP contribution in [0.5, 0.6) is 0 Å². The minimum atomic E-state index is -1.19. The molecule has 2 aromatic rings. The van der Waals surface area contributed by atoms with Gasteiger partial charge in [-0.05, 0) is 30.2 Å². The summed E-state index contributed by atoms with van der Waals surface area (Å²) >= 11 is 0. The Morgan fingerprint density at radius 3 is 3.00 bits per heavy atom. The smallest absolute Gasteiger partial charge is 0.195 e. The van der Waals surface area contributed by atoms with Crippen LogP contribution >= 0.6 is 0 Å². The lowest BCUT2D eigenvalue weighted by molar-refractivity contribution is -0.255. The average molecular weight is 218 g/mol. The van der Waals surface area contributed by atoms with Crippen molar-refractivity contribution in [3.8, 4) is 0 Å². The highest BCUT2D eigenvalue weighted by atomic mass is 16.4. The standard InChI is InChI=1S/C12H13NO3/c1-2-3-4-11-13-9-7-8(12(14)15)5-6-10(9)16-11/h5-7H,2-4H2,1H3,(H,14,15)/p-1. The van der Waals surface area contributed by atoms with Gasteiger partial charge in [0.25, 0.3) is 0 Å². The van der Waals surface area contributed by atoms with E-state index in [1.165, 1.54) is 12.1 Å². The fourth-order valence-corrected chi connectivity index (χ4v) is 1.54. The molecule has 0 saturated heterocycles. The zero-order valence-corrected chi connectivity index (χ0v) is 9.03. The number of carboxylic acids is 1. The van der Waals surface area contributed by atoms with Crippen LogP contribution in [0.1, 0.15) is 36.0 Å². The van der Waals surface area contributed by atoms with Crippen molar-refractivity contribution in [1.82, 2.24) is 4.98 Å². The van der Waals surface area contributed by atoms with Crippen LogP contribution in [0.3, 0.4) is 0 Å². The number of aromatic carboxylic acids is 1. The summed E-state index contributed by atoms with van der Waals surface area (Å²) in [7, 11) is 0. The van der Waals surface area contributed by atoms with Gasteiger partial charge in [-0.1, -0.05) is 13.3 Å². The summed E-state index contributed by atoms with van der Waals surface area (Å²) < 4.78 is 5.48. The Hall–Kier alpha value is -1.84. The predicted molar refractivity (Wildman–Crippen MR) is 57.0 cm³/mol. The molecule has 1 heterocycles. The zero-order valence-electron chi connectivity index (χ0n) is 9.03. The van der Waals surface area contributed by atoms with Crippen LogP contribution in [0.4, 0.5) is 0 Å². The Balaban J connectivity index is 2.34. The molecule has 0 amide bonds. The van der Waals surface area contributed by atoms with Crippen LogP contribution in [0.15, 0.2) is 22.6 Å². The molecule has 0 aliphatic heterocycles. The molecular formula is C12H12NO3-. The molecule has 2 rings (SSSR count). The molecule has 0 saturated carbocycles. The molecule has 0 N–H and O–H groups in total. The topological polar surface area (TPSA) is 66.2 Å². The largest absolute Gasteiger partial charge is 0.545 e. The van der Waals surface area contributed by atoms with Gasteiger partial charge in [-0.2, -0.15) is 0 Å². The molecule has 0 unspecified atom stereocenters. The van der Waals surface area contributed by atoms with Crippen molar-refractivity contribution in [2.24, 2.45) is 0 Å². The van der Waals surface area contributed by atoms with Crippen molar-refractivity contribution in [2.75, 3.05) is 0 Å². The summed E-state index contributed by atoms with van der Waals surface area (Å²) in [4.78, 5) is 14.9. The molecule has 1 aromatic heterocycles. The normalized spacial score (nSPS) is 10.8. The molecule has 0 radical (unpaired) electrons. The van der Waals surface area contributed by atoms with Gasteiger partial charge in [0, 0.05) is 6.42 Å². The molecule has 0 atom stereocenters. The first kappa shape index (κ1) is 10.7. The van der Waals surface area contributed by atoms with E-state index in [1.54, 1.807) is 6.07 Å². The van der Waals surface area contributed by atoms with Gasteiger partial charge in [-0.25, -0.2) is 4.98 Å². The Morgan fingerprint density at radius 2 is 2.31 bits per heavy atom. The number of fused-ring (bicyclic) bond motifs is 1. The second-order valence-electron chi connectivity index (χ2n) is 3.68. The van der Waals surface area contributed by atoms with E-state index in [0.29, 0.717) is 17.0 Å². The van der Waals surface area contributed by atoms with E-state index in [1.807, 2.05) is 0 Å². The number of nitrogens with zero attached hydrogens (tertiary/aromatic N) is 1. The van der Waals surface area contributed by atoms with Crippen molar-refractivity contribution < 1.29 is 14.3 Å². The van der Waals surface area contributed by atoms with E-state index in [4.69, 9.17) is 4.42 Å². The number of rotatable bonds is 4. The maximum atomic E-state index is 10.7. The molecule has 0 aliphatic rings. The van der Waals surface area contributed by atoms with Crippen molar-refractivity contribution >= 4 is 17.1 Å². The first-order valence-corrected chi connectivity index (χ1v) is 5.31. The van der Waals surface area contributed by atoms with Gasteiger partial charge in [0.05, 0.1) is 5.97 Å². The third-order valence-electron chi connectivity index (χ3n) is 2.41. The van der Waals surface area contributed by atoms with Crippen LogP contribution in [0.2, 0.25) is 0 Å². The first-order chi connectivity index (χ1) is 7.70. The van der Waals surface area contributed by atoms with Gasteiger partial charge in [-0.3, -0.25) is 0 Å². The molecule has 4 nitrogen and oxygen atoms in total. The highest BCUT2D eigenvalue weighted by Gasteiger charge is 2.06. The second kappa shape index (κ2) is 4.35. The van der Waals surface area contributed by atoms with Gasteiger partial charge < -0.3 is 14.3 Å². The molecule has 16 heavy (non-hydrogen) atoms. The molecule has 84 valence electrons. The Morgan fingerprint density at radius 1 is 1.50 bits per heavy atom. The number of carboxylic acid groups (broad SMARTS) is 1. The van der Waals surface area contributed by atoms with Gasteiger partial charge in [-0.15, -0.1) is 0 Å². The van der Waals surface area contributed by atoms with Crippen LogP contribution in [-0.2, 0) is 6.42 Å². The number of oxazole rings is 1. The maximum absolute atomic E-state index is 10.7. The van der Waals surface area contributed by atoms with Crippen molar-refractivity contribution in [2.45, 2.75) is 26.2 Å². The lowest BCUT2D eigenvalue weighted by Gasteiger charge is -1.99. The van der Waals surface area contributed by atoms with Gasteiger partial charge in [0.15, 0.2) is 11.5 Å². The second-order valence-corrected chi connectivity index (χ2v) is 3.68. The van der Waals surface area contributed by atoms with Crippen LogP contribution in [0, 0.1) is 0 Å². The Kier molecular flexibility index (Phi) is 2.90. The average Bonchev–Trinajstić information content (AvgIpc) is 2.67. The minimum Gasteiger partial charge on any atom is -0.545 e. The number of carbonyl (C=O) groups is 1. The summed E-state index contributed by atoms with van der Waals surface area (Å²) in [6.07, 6.45) is 2.87. The third kappa shape index (κ3) is 2.05. The molecule has 0 aliphatic carbocycles. The zero-order chi connectivity index (χ0) is 11.5. The fraction of sp³-hybridized carbons (Fsp3) is 0.333. The van der Waals surface area contributed by atoms with Crippen molar-refractivity contribution in [3.63, 3.8) is 0 Å². The molecule has 0 fully saturated rings. The number of unbranched alkanes of at least 4 members (excludes halogenated alkanes) is 1. The summed E-state index contributed by atoms with van der Waals surface area (Å²) in [6.45, 7) is 2.09. The fourth-order valence-electron chi connectivity index (χ4n) is 1.54. The number of benzene rings is 1. The monoisotopic (exact) mass is 218 g/mol. The van der Waals surface area contributed by atoms with Gasteiger partial charge in [0.1, 0.15) is 5.52 Å². The summed E-state index contributed by atoms with van der Waals surface area (Å²) in [5.74, 6) is -0.535. The summed E-state index contributed by atoms with van der Waals surface area (Å²) in [6, 6.07) is 4.55. The maximum Gasteiger partial charge on any atom is 0.195 e. The Labute approximate surface area is 92.9 Å². The van der Waals surface area contributed by atoms with Gasteiger partial charge in [0.2, 0.25) is 0 Å². The van der Waals surface area contributed by atoms with Crippen molar-refractivity contribution in [3.05, 3.63) is 29.7 Å². The first-order valence-electron chi connectivity index (χ1n) is 5.31. The van der Waals surface area contributed by atoms with Gasteiger partial charge >= 0.3 is 0 Å². The van der Waals surface area contributed by atoms with E-state index >= 15 is 0 Å². The van der Waals surface area contributed by atoms with Crippen molar-refractivity contribution in [1.29, 1.82) is 0 Å². The summed E-state index contributed by atoms with van der Waals surface area (Å²) in [5.41, 5.74) is 1.33. The molecule has 0 bridgehead atoms. The van der Waals surface area contributed by atoms with E-state index in [0.717, 1.165) is 19.3 Å². The van der Waals surface area contributed by atoms with E-state index in [9.17, 15) is 9.90 Å². The van der Waals surface area contributed by atoms with E-state index in [-0.39, 0.29) is 5.56 Å². The molecular weight excluding hydrogens is 206 g/mol. The third-order valence-corrected chi connectivity index (χ3v) is 2.41. The lowest BCUT2D eigenvalue weighted by Crippen LogP contribution is -2.21. The number of carbonyl (C=O) groups excluding carboxylic acids is 1. The van der Waals surface area contributed by atoms with E-state index < -0.39 is 5.97 Å². The predicted octanol–water partition coefficient (Wildman–Crippen LogP) is 1.53. The highest BCUT2D eigenvalue weighted by molar-refractivity contribution is 5.90. The minimum absolute atomic E-state index is 0.128. The number of aryl methyl sites for hydroxylation is 1. The van der Waals surface area contributed by atoms with Crippen LogP contribution in [0.25, 0.3) is 11.1 Å². The molecule has 4 heteroatoms. The highest BCUT2D eigenvalue weighted by Crippen LogP contribution is 2.18. The quantitative estimate of drug-likeness (QED) is 0.780. The number of hydrogen-bond donors (Lipinski definition) is 0.